The van der Waals surface area contributed by atoms with Crippen LogP contribution in [0.3, 0.4) is 0 Å². The summed E-state index contributed by atoms with van der Waals surface area (Å²) < 4.78 is 0. The molecule has 1 aromatic heterocycles. The van der Waals surface area contributed by atoms with Crippen LogP contribution in [0.2, 0.25) is 5.02 Å². The number of aliphatic hydroxyl groups is 2. The number of aliphatic hydroxyl groups excluding tert-OH is 2. The maximum absolute atomic E-state index is 11.0. The number of hydrogen-bond donors (Lipinski definition) is 3. The summed E-state index contributed by atoms with van der Waals surface area (Å²) in [6.07, 6.45) is -1.03. The number of aromatic amines is 1. The average molecular weight is 278 g/mol. The molecule has 0 fully saturated rings. The smallest absolute Gasteiger partial charge is 0.266 e. The summed E-state index contributed by atoms with van der Waals surface area (Å²) in [5.74, 6) is 0.0766. The average Bonchev–Trinajstić information content (AvgIpc) is 2.28. The van der Waals surface area contributed by atoms with Crippen LogP contribution in [0.25, 0.3) is 0 Å². The lowest BCUT2D eigenvalue weighted by Crippen LogP contribution is -2.22. The van der Waals surface area contributed by atoms with E-state index in [1.807, 2.05) is 0 Å². The third kappa shape index (κ3) is 4.16. The van der Waals surface area contributed by atoms with E-state index in [0.29, 0.717) is 5.56 Å². The Morgan fingerprint density at radius 2 is 2.24 bits per heavy atom. The first kappa shape index (κ1) is 14.2. The van der Waals surface area contributed by atoms with Crippen molar-refractivity contribution in [3.8, 4) is 0 Å². The molecule has 1 heterocycles. The van der Waals surface area contributed by atoms with Gasteiger partial charge >= 0.3 is 0 Å². The summed E-state index contributed by atoms with van der Waals surface area (Å²) in [5.41, 5.74) is -0.165. The summed E-state index contributed by atoms with van der Waals surface area (Å²) >= 11 is 6.51. The Morgan fingerprint density at radius 1 is 1.59 bits per heavy atom. The Balaban J connectivity index is 2.74. The molecule has 5 nitrogen and oxygen atoms in total. The predicted molar refractivity (Wildman–Crippen MR) is 66.2 cm³/mol. The molecule has 0 bridgehead atoms. The van der Waals surface area contributed by atoms with Crippen LogP contribution in [0.4, 0.5) is 0 Å². The number of pyridine rings is 1. The van der Waals surface area contributed by atoms with Crippen molar-refractivity contribution in [1.29, 1.82) is 0 Å². The monoisotopic (exact) mass is 277 g/mol. The minimum Gasteiger partial charge on any atom is -0.389 e. The number of carbonyl (C=O) groups is 1. The molecule has 0 aromatic carbocycles. The lowest BCUT2D eigenvalue weighted by atomic mass is 10.1. The quantitative estimate of drug-likeness (QED) is 0.754. The number of carbonyl (C=O) groups excluding carboxylic acids is 1. The highest BCUT2D eigenvalue weighted by Crippen LogP contribution is 2.20. The van der Waals surface area contributed by atoms with E-state index >= 15 is 0 Å². The van der Waals surface area contributed by atoms with E-state index in [0.717, 1.165) is 11.8 Å². The number of hydrogen-bond acceptors (Lipinski definition) is 5. The lowest BCUT2D eigenvalue weighted by molar-refractivity contribution is -0.109. The summed E-state index contributed by atoms with van der Waals surface area (Å²) in [6, 6.07) is 1.28. The van der Waals surface area contributed by atoms with E-state index in [1.165, 1.54) is 19.2 Å². The van der Waals surface area contributed by atoms with Crippen LogP contribution >= 0.6 is 23.4 Å². The molecule has 1 rings (SSSR count). The predicted octanol–water partition coefficient (Wildman–Crippen LogP) is 0.702. The first-order valence-electron chi connectivity index (χ1n) is 4.79. The second-order valence-electron chi connectivity index (χ2n) is 3.42. The van der Waals surface area contributed by atoms with Crippen molar-refractivity contribution < 1.29 is 15.0 Å². The van der Waals surface area contributed by atoms with Gasteiger partial charge in [-0.2, -0.15) is 0 Å². The molecule has 0 aliphatic heterocycles. The summed E-state index contributed by atoms with van der Waals surface area (Å²) in [5, 5.41) is 19.2. The van der Waals surface area contributed by atoms with Crippen LogP contribution < -0.4 is 5.56 Å². The van der Waals surface area contributed by atoms with E-state index in [9.17, 15) is 19.8 Å². The molecule has 0 aliphatic rings. The molecule has 0 spiro atoms. The Labute approximate surface area is 107 Å². The molecule has 0 aliphatic carbocycles. The fourth-order valence-electron chi connectivity index (χ4n) is 1.16. The van der Waals surface area contributed by atoms with Crippen molar-refractivity contribution in [3.63, 3.8) is 0 Å². The maximum Gasteiger partial charge on any atom is 0.266 e. The van der Waals surface area contributed by atoms with Gasteiger partial charge in [0.15, 0.2) is 5.12 Å². The van der Waals surface area contributed by atoms with Gasteiger partial charge in [-0.25, -0.2) is 0 Å². The van der Waals surface area contributed by atoms with Crippen LogP contribution in [0.15, 0.2) is 17.1 Å². The van der Waals surface area contributed by atoms with E-state index in [-0.39, 0.29) is 15.9 Å². The van der Waals surface area contributed by atoms with Crippen molar-refractivity contribution in [2.75, 3.05) is 5.75 Å². The van der Waals surface area contributed by atoms with E-state index in [1.54, 1.807) is 0 Å². The van der Waals surface area contributed by atoms with Crippen molar-refractivity contribution in [2.45, 2.75) is 19.1 Å². The number of H-pyrrole nitrogens is 1. The van der Waals surface area contributed by atoms with Crippen molar-refractivity contribution >= 4 is 28.5 Å². The van der Waals surface area contributed by atoms with Gasteiger partial charge in [-0.05, 0) is 6.07 Å². The van der Waals surface area contributed by atoms with Gasteiger partial charge in [0.05, 0.1) is 6.10 Å². The van der Waals surface area contributed by atoms with Crippen LogP contribution in [0, 0.1) is 0 Å². The zero-order valence-electron chi connectivity index (χ0n) is 9.01. The Morgan fingerprint density at radius 3 is 2.76 bits per heavy atom. The highest BCUT2D eigenvalue weighted by molar-refractivity contribution is 8.13. The molecule has 1 aromatic rings. The van der Waals surface area contributed by atoms with Gasteiger partial charge in [-0.15, -0.1) is 0 Å². The Hall–Kier alpha value is -0.820. The Kier molecular flexibility index (Phi) is 5.20. The zero-order valence-corrected chi connectivity index (χ0v) is 10.6. The second-order valence-corrected chi connectivity index (χ2v) is 5.03. The molecular weight excluding hydrogens is 266 g/mol. The molecule has 0 radical (unpaired) electrons. The minimum absolute atomic E-state index is 0.0621. The van der Waals surface area contributed by atoms with E-state index in [2.05, 4.69) is 4.98 Å². The third-order valence-electron chi connectivity index (χ3n) is 2.04. The number of thioether (sulfide) groups is 1. The highest BCUT2D eigenvalue weighted by Gasteiger charge is 2.20. The van der Waals surface area contributed by atoms with Crippen LogP contribution in [-0.4, -0.2) is 32.2 Å². The van der Waals surface area contributed by atoms with Gasteiger partial charge in [0.2, 0.25) is 0 Å². The second kappa shape index (κ2) is 6.20. The molecule has 0 amide bonds. The lowest BCUT2D eigenvalue weighted by Gasteiger charge is -2.17. The number of rotatable bonds is 4. The first-order chi connectivity index (χ1) is 7.91. The molecule has 0 saturated heterocycles. The van der Waals surface area contributed by atoms with Crippen LogP contribution in [-0.2, 0) is 4.79 Å². The molecule has 2 atom stereocenters. The highest BCUT2D eigenvalue weighted by atomic mass is 35.5. The topological polar surface area (TPSA) is 90.4 Å². The molecule has 2 unspecified atom stereocenters. The van der Waals surface area contributed by atoms with Gasteiger partial charge in [-0.1, -0.05) is 23.4 Å². The molecule has 0 saturated carbocycles. The SMILES string of the molecule is CC(=O)SCC(O)C(O)c1c[nH]c(=O)c(Cl)c1. The fourth-order valence-corrected chi connectivity index (χ4v) is 1.93. The molecule has 94 valence electrons. The Bertz CT molecular complexity index is 462. The van der Waals surface area contributed by atoms with Crippen LogP contribution in [0.1, 0.15) is 18.6 Å². The molecule has 17 heavy (non-hydrogen) atoms. The van der Waals surface area contributed by atoms with Gasteiger partial charge < -0.3 is 15.2 Å². The zero-order chi connectivity index (χ0) is 13.0. The van der Waals surface area contributed by atoms with Gasteiger partial charge in [-0.3, -0.25) is 9.59 Å². The number of aromatic nitrogens is 1. The standard InChI is InChI=1S/C10H12ClNO4S/c1-5(13)17-4-8(14)9(15)6-2-7(11)10(16)12-3-6/h2-3,8-9,14-15H,4H2,1H3,(H,12,16). The summed E-state index contributed by atoms with van der Waals surface area (Å²) in [4.78, 5) is 24.0. The van der Waals surface area contributed by atoms with E-state index in [4.69, 9.17) is 11.6 Å². The minimum atomic E-state index is -1.20. The van der Waals surface area contributed by atoms with Crippen molar-refractivity contribution in [3.05, 3.63) is 33.2 Å². The van der Waals surface area contributed by atoms with Gasteiger partial charge in [0.1, 0.15) is 11.1 Å². The van der Waals surface area contributed by atoms with Gasteiger partial charge in [0.25, 0.3) is 5.56 Å². The van der Waals surface area contributed by atoms with Crippen LogP contribution in [0.5, 0.6) is 0 Å². The summed E-state index contributed by atoms with van der Waals surface area (Å²) in [7, 11) is 0. The molecular formula is C10H12ClNO4S. The third-order valence-corrected chi connectivity index (χ3v) is 3.24. The van der Waals surface area contributed by atoms with E-state index < -0.39 is 17.8 Å². The summed E-state index contributed by atoms with van der Waals surface area (Å²) in [6.45, 7) is 1.38. The normalized spacial score (nSPS) is 14.4. The molecule has 3 N–H and O–H groups in total. The largest absolute Gasteiger partial charge is 0.389 e. The van der Waals surface area contributed by atoms with Gasteiger partial charge in [0, 0.05) is 24.4 Å². The first-order valence-corrected chi connectivity index (χ1v) is 6.15. The maximum atomic E-state index is 11.0. The number of halogens is 1. The number of nitrogens with one attached hydrogen (secondary N) is 1. The fraction of sp³-hybridized carbons (Fsp3) is 0.400. The molecule has 7 heteroatoms. The van der Waals surface area contributed by atoms with Crippen molar-refractivity contribution in [1.82, 2.24) is 4.98 Å². The van der Waals surface area contributed by atoms with Crippen molar-refractivity contribution in [2.24, 2.45) is 0 Å².